The lowest BCUT2D eigenvalue weighted by atomic mass is 10.1. The van der Waals surface area contributed by atoms with Crippen molar-refractivity contribution in [2.75, 3.05) is 5.73 Å². The van der Waals surface area contributed by atoms with E-state index in [9.17, 15) is 0 Å². The van der Waals surface area contributed by atoms with Crippen LogP contribution in [0.1, 0.15) is 16.7 Å². The van der Waals surface area contributed by atoms with Gasteiger partial charge in [0.05, 0.1) is 5.69 Å². The Balaban J connectivity index is 2.20. The molecule has 5 nitrogen and oxygen atoms in total. The number of nitrogens with zero attached hydrogens (tertiary/aromatic N) is 4. The normalized spacial score (nSPS) is 10.8. The summed E-state index contributed by atoms with van der Waals surface area (Å²) >= 11 is 0. The summed E-state index contributed by atoms with van der Waals surface area (Å²) in [5, 5.41) is 12.1. The predicted molar refractivity (Wildman–Crippen MR) is 83.2 cm³/mol. The summed E-state index contributed by atoms with van der Waals surface area (Å²) in [6.07, 6.45) is 0. The third-order valence-corrected chi connectivity index (χ3v) is 3.67. The van der Waals surface area contributed by atoms with Crippen LogP contribution in [0, 0.1) is 20.8 Å². The number of aryl methyl sites for hydroxylation is 2. The number of rotatable bonds is 2. The fraction of sp³-hybridized carbons (Fsp3) is 0.188. The highest BCUT2D eigenvalue weighted by atomic mass is 15.5. The van der Waals surface area contributed by atoms with Gasteiger partial charge in [0.15, 0.2) is 5.82 Å². The van der Waals surface area contributed by atoms with Crippen molar-refractivity contribution in [3.8, 4) is 17.1 Å². The number of anilines is 1. The number of nitrogen functional groups attached to an aromatic ring is 1. The van der Waals surface area contributed by atoms with Crippen LogP contribution in [0.25, 0.3) is 17.1 Å². The monoisotopic (exact) mass is 279 g/mol. The zero-order valence-electron chi connectivity index (χ0n) is 12.3. The second kappa shape index (κ2) is 5.01. The molecule has 0 aliphatic rings. The quantitative estimate of drug-likeness (QED) is 0.732. The van der Waals surface area contributed by atoms with Gasteiger partial charge >= 0.3 is 0 Å². The molecule has 0 bridgehead atoms. The molecule has 3 rings (SSSR count). The van der Waals surface area contributed by atoms with Crippen LogP contribution >= 0.6 is 0 Å². The summed E-state index contributed by atoms with van der Waals surface area (Å²) in [6.45, 7) is 6.10. The van der Waals surface area contributed by atoms with Crippen molar-refractivity contribution in [1.82, 2.24) is 20.2 Å². The minimum atomic E-state index is 0.701. The van der Waals surface area contributed by atoms with Gasteiger partial charge in [0, 0.05) is 11.3 Å². The van der Waals surface area contributed by atoms with E-state index in [0.717, 1.165) is 28.1 Å². The summed E-state index contributed by atoms with van der Waals surface area (Å²) in [5.74, 6) is 0.701. The first-order valence-corrected chi connectivity index (χ1v) is 6.79. The number of hydrogen-bond acceptors (Lipinski definition) is 4. The Labute approximate surface area is 123 Å². The van der Waals surface area contributed by atoms with Gasteiger partial charge in [0.2, 0.25) is 0 Å². The van der Waals surface area contributed by atoms with E-state index < -0.39 is 0 Å². The largest absolute Gasteiger partial charge is 0.398 e. The molecule has 0 amide bonds. The molecular formula is C16H17N5. The number of benzene rings is 2. The van der Waals surface area contributed by atoms with E-state index in [4.69, 9.17) is 5.73 Å². The lowest BCUT2D eigenvalue weighted by Crippen LogP contribution is -2.04. The third kappa shape index (κ3) is 2.27. The second-order valence-electron chi connectivity index (χ2n) is 5.22. The smallest absolute Gasteiger partial charge is 0.187 e. The fourth-order valence-electron chi connectivity index (χ4n) is 2.46. The Kier molecular flexibility index (Phi) is 3.17. The Morgan fingerprint density at radius 1 is 1.05 bits per heavy atom. The first-order chi connectivity index (χ1) is 10.1. The molecule has 3 aromatic rings. The predicted octanol–water partition coefficient (Wildman–Crippen LogP) is 2.84. The average Bonchev–Trinajstić information content (AvgIpc) is 2.91. The molecule has 0 fully saturated rings. The minimum absolute atomic E-state index is 0.701. The zero-order valence-corrected chi connectivity index (χ0v) is 12.3. The zero-order chi connectivity index (χ0) is 15.0. The van der Waals surface area contributed by atoms with Crippen molar-refractivity contribution < 1.29 is 0 Å². The molecule has 0 spiro atoms. The maximum atomic E-state index is 5.99. The van der Waals surface area contributed by atoms with Gasteiger partial charge in [-0.3, -0.25) is 0 Å². The molecule has 21 heavy (non-hydrogen) atoms. The molecular weight excluding hydrogens is 262 g/mol. The lowest BCUT2D eigenvalue weighted by Gasteiger charge is -2.11. The fourth-order valence-corrected chi connectivity index (χ4v) is 2.46. The third-order valence-electron chi connectivity index (χ3n) is 3.67. The molecule has 0 radical (unpaired) electrons. The van der Waals surface area contributed by atoms with Crippen molar-refractivity contribution in [3.63, 3.8) is 0 Å². The van der Waals surface area contributed by atoms with Gasteiger partial charge in [-0.25, -0.2) is 0 Å². The number of tetrazole rings is 1. The molecule has 106 valence electrons. The van der Waals surface area contributed by atoms with Crippen LogP contribution < -0.4 is 5.73 Å². The number of aromatic nitrogens is 4. The van der Waals surface area contributed by atoms with Crippen molar-refractivity contribution in [2.24, 2.45) is 0 Å². The Hall–Kier alpha value is -2.69. The Bertz CT molecular complexity index is 804. The van der Waals surface area contributed by atoms with Crippen molar-refractivity contribution in [2.45, 2.75) is 20.8 Å². The molecule has 1 heterocycles. The summed E-state index contributed by atoms with van der Waals surface area (Å²) in [4.78, 5) is 0. The number of nitrogens with two attached hydrogens (primary N) is 1. The van der Waals surface area contributed by atoms with Gasteiger partial charge in [0.1, 0.15) is 0 Å². The summed E-state index contributed by atoms with van der Waals surface area (Å²) < 4.78 is 1.76. The van der Waals surface area contributed by atoms with Crippen LogP contribution in [-0.2, 0) is 0 Å². The average molecular weight is 279 g/mol. The topological polar surface area (TPSA) is 69.6 Å². The molecule has 2 N–H and O–H groups in total. The van der Waals surface area contributed by atoms with Gasteiger partial charge in [0.25, 0.3) is 0 Å². The highest BCUT2D eigenvalue weighted by Gasteiger charge is 2.15. The van der Waals surface area contributed by atoms with E-state index in [0.29, 0.717) is 5.82 Å². The second-order valence-corrected chi connectivity index (χ2v) is 5.22. The molecule has 5 heteroatoms. The van der Waals surface area contributed by atoms with Gasteiger partial charge in [-0.1, -0.05) is 29.8 Å². The van der Waals surface area contributed by atoms with E-state index in [2.05, 4.69) is 41.5 Å². The first kappa shape index (κ1) is 13.3. The summed E-state index contributed by atoms with van der Waals surface area (Å²) in [6, 6.07) is 12.0. The molecule has 0 atom stereocenters. The van der Waals surface area contributed by atoms with Gasteiger partial charge < -0.3 is 5.73 Å². The van der Waals surface area contributed by atoms with Crippen LogP contribution in [0.2, 0.25) is 0 Å². The molecule has 1 aromatic heterocycles. The van der Waals surface area contributed by atoms with Gasteiger partial charge in [-0.2, -0.15) is 4.68 Å². The Morgan fingerprint density at radius 2 is 1.86 bits per heavy atom. The van der Waals surface area contributed by atoms with E-state index in [1.165, 1.54) is 5.56 Å². The summed E-state index contributed by atoms with van der Waals surface area (Å²) in [5.41, 5.74) is 12.0. The van der Waals surface area contributed by atoms with Crippen LogP contribution in [0.5, 0.6) is 0 Å². The van der Waals surface area contributed by atoms with E-state index in [1.54, 1.807) is 4.68 Å². The van der Waals surface area contributed by atoms with E-state index in [-0.39, 0.29) is 0 Å². The van der Waals surface area contributed by atoms with Crippen LogP contribution in [-0.4, -0.2) is 20.2 Å². The molecule has 0 aliphatic heterocycles. The standard InChI is InChI=1S/C16H17N5/c1-10-7-8-15(11(2)9-10)21-16(18-19-20-21)13-5-4-6-14(17)12(13)3/h4-9H,17H2,1-3H3. The number of hydrogen-bond donors (Lipinski definition) is 1. The summed E-state index contributed by atoms with van der Waals surface area (Å²) in [7, 11) is 0. The molecule has 2 aromatic carbocycles. The van der Waals surface area contributed by atoms with Gasteiger partial charge in [-0.05, 0) is 54.5 Å². The highest BCUT2D eigenvalue weighted by Crippen LogP contribution is 2.27. The van der Waals surface area contributed by atoms with Gasteiger partial charge in [-0.15, -0.1) is 5.10 Å². The SMILES string of the molecule is Cc1ccc(-n2nnnc2-c2cccc(N)c2C)c(C)c1. The minimum Gasteiger partial charge on any atom is -0.398 e. The molecule has 0 saturated carbocycles. The Morgan fingerprint density at radius 3 is 2.62 bits per heavy atom. The molecule has 0 saturated heterocycles. The van der Waals surface area contributed by atoms with E-state index in [1.807, 2.05) is 31.2 Å². The van der Waals surface area contributed by atoms with Crippen molar-refractivity contribution >= 4 is 5.69 Å². The van der Waals surface area contributed by atoms with Crippen LogP contribution in [0.4, 0.5) is 5.69 Å². The first-order valence-electron chi connectivity index (χ1n) is 6.79. The maximum Gasteiger partial charge on any atom is 0.187 e. The highest BCUT2D eigenvalue weighted by molar-refractivity contribution is 5.69. The lowest BCUT2D eigenvalue weighted by molar-refractivity contribution is 0.787. The molecule has 0 unspecified atom stereocenters. The van der Waals surface area contributed by atoms with Crippen molar-refractivity contribution in [3.05, 3.63) is 53.1 Å². The van der Waals surface area contributed by atoms with Crippen LogP contribution in [0.15, 0.2) is 36.4 Å². The maximum absolute atomic E-state index is 5.99. The van der Waals surface area contributed by atoms with Crippen molar-refractivity contribution in [1.29, 1.82) is 0 Å². The van der Waals surface area contributed by atoms with Crippen LogP contribution in [0.3, 0.4) is 0 Å². The van der Waals surface area contributed by atoms with E-state index >= 15 is 0 Å². The molecule has 0 aliphatic carbocycles.